The molecule has 5 nitrogen and oxygen atoms in total. The molecule has 186 valence electrons. The molecule has 0 saturated heterocycles. The molecule has 0 amide bonds. The number of ketones is 2. The summed E-state index contributed by atoms with van der Waals surface area (Å²) >= 11 is 0. The number of carbonyl (C=O) groups excluding carboxylic acids is 2. The number of fused-ring (bicyclic) bond motifs is 2. The number of hydrogen-bond donors (Lipinski definition) is 0. The average molecular weight is 489 g/mol. The summed E-state index contributed by atoms with van der Waals surface area (Å²) in [5, 5.41) is 0.864. The molecule has 3 fully saturated rings. The van der Waals surface area contributed by atoms with Gasteiger partial charge in [0.05, 0.1) is 22.1 Å². The van der Waals surface area contributed by atoms with E-state index in [1.54, 1.807) is 0 Å². The summed E-state index contributed by atoms with van der Waals surface area (Å²) in [6.45, 7) is 6.05. The molecule has 0 heterocycles. The lowest BCUT2D eigenvalue weighted by Crippen LogP contribution is -2.42. The molecule has 0 aliphatic heterocycles. The third-order valence-electron chi connectivity index (χ3n) is 8.38. The zero-order chi connectivity index (χ0) is 24.0. The zero-order valence-corrected chi connectivity index (χ0v) is 22.3. The number of carbonyl (C=O) groups is 2. The maximum absolute atomic E-state index is 11.9. The molecule has 3 rings (SSSR count). The largest absolute Gasteiger partial charge is 0.748 e. The lowest BCUT2D eigenvalue weighted by Gasteiger charge is -2.37. The van der Waals surface area contributed by atoms with Crippen LogP contribution in [-0.2, 0) is 30.6 Å². The van der Waals surface area contributed by atoms with E-state index in [0.29, 0.717) is 29.5 Å². The van der Waals surface area contributed by atoms with Crippen LogP contribution in [0.1, 0.15) is 104 Å². The number of Topliss-reactive ketones (excluding diaryl/α,β-unsaturated/α-hetero) is 2. The molecule has 0 aromatic heterocycles. The highest BCUT2D eigenvalue weighted by atomic mass is 32.2. The van der Waals surface area contributed by atoms with Crippen LogP contribution in [-0.4, -0.2) is 47.5 Å². The molecule has 0 spiro atoms. The lowest BCUT2D eigenvalue weighted by molar-refractivity contribution is -0.128. The normalized spacial score (nSPS) is 28.3. The molecule has 3 atom stereocenters. The van der Waals surface area contributed by atoms with Crippen molar-refractivity contribution in [1.82, 2.24) is 0 Å². The lowest BCUT2D eigenvalue weighted by atomic mass is 9.70. The van der Waals surface area contributed by atoms with E-state index in [9.17, 15) is 22.6 Å². The van der Waals surface area contributed by atoms with Gasteiger partial charge in [0, 0.05) is 18.3 Å². The second kappa shape index (κ2) is 11.8. The molecule has 2 bridgehead atoms. The van der Waals surface area contributed by atoms with Crippen LogP contribution in [0.3, 0.4) is 0 Å². The van der Waals surface area contributed by atoms with Crippen LogP contribution >= 0.6 is 0 Å². The van der Waals surface area contributed by atoms with Gasteiger partial charge in [-0.3, -0.25) is 9.59 Å². The fourth-order valence-corrected chi connectivity index (χ4v) is 9.38. The number of unbranched alkanes of at least 4 members (excludes halogenated alkanes) is 3. The SMILES string of the molecule is CC1(C)C2CCC1(CS(=O)(=O)[O-])C(=O)C2.CCCCCCC(=O)C[S+](C)C1CCCCC1. The molecule has 32 heavy (non-hydrogen) atoms. The van der Waals surface area contributed by atoms with Crippen molar-refractivity contribution in [3.05, 3.63) is 0 Å². The third kappa shape index (κ3) is 7.05. The van der Waals surface area contributed by atoms with Gasteiger partial charge in [0.25, 0.3) is 0 Å². The zero-order valence-electron chi connectivity index (χ0n) is 20.6. The van der Waals surface area contributed by atoms with Gasteiger partial charge in [0.15, 0.2) is 11.5 Å². The highest BCUT2D eigenvalue weighted by Gasteiger charge is 2.64. The Bertz CT molecular complexity index is 739. The molecule has 0 N–H and O–H groups in total. The fraction of sp³-hybridized carbons (Fsp3) is 0.920. The molecule has 0 aromatic carbocycles. The first-order valence-electron chi connectivity index (χ1n) is 12.5. The van der Waals surface area contributed by atoms with E-state index >= 15 is 0 Å². The minimum atomic E-state index is -4.33. The van der Waals surface area contributed by atoms with Gasteiger partial charge in [-0.1, -0.05) is 46.5 Å². The van der Waals surface area contributed by atoms with Gasteiger partial charge in [0.2, 0.25) is 0 Å². The summed E-state index contributed by atoms with van der Waals surface area (Å²) in [7, 11) is -3.97. The van der Waals surface area contributed by atoms with Gasteiger partial charge in [-0.15, -0.1) is 0 Å². The second-order valence-corrected chi connectivity index (χ2v) is 14.6. The summed E-state index contributed by atoms with van der Waals surface area (Å²) in [6.07, 6.45) is 16.9. The highest BCUT2D eigenvalue weighted by Crippen LogP contribution is 2.64. The third-order valence-corrected chi connectivity index (χ3v) is 11.6. The predicted octanol–water partition coefficient (Wildman–Crippen LogP) is 5.03. The van der Waals surface area contributed by atoms with E-state index < -0.39 is 21.3 Å². The summed E-state index contributed by atoms with van der Waals surface area (Å²) in [6, 6.07) is 0. The molecule has 3 aliphatic carbocycles. The average Bonchev–Trinajstić information content (AvgIpc) is 3.05. The first-order chi connectivity index (χ1) is 14.9. The van der Waals surface area contributed by atoms with Crippen LogP contribution in [0.25, 0.3) is 0 Å². The molecule has 0 radical (unpaired) electrons. The smallest absolute Gasteiger partial charge is 0.181 e. The quantitative estimate of drug-likeness (QED) is 0.244. The highest BCUT2D eigenvalue weighted by molar-refractivity contribution is 7.97. The van der Waals surface area contributed by atoms with Crippen molar-refractivity contribution in [3.8, 4) is 0 Å². The Morgan fingerprint density at radius 2 is 1.75 bits per heavy atom. The fourth-order valence-electron chi connectivity index (χ4n) is 6.07. The van der Waals surface area contributed by atoms with Crippen molar-refractivity contribution in [2.75, 3.05) is 17.8 Å². The first-order valence-corrected chi connectivity index (χ1v) is 16.0. The van der Waals surface area contributed by atoms with Crippen molar-refractivity contribution in [2.45, 2.75) is 109 Å². The van der Waals surface area contributed by atoms with Crippen LogP contribution in [0.15, 0.2) is 0 Å². The number of hydrogen-bond acceptors (Lipinski definition) is 5. The van der Waals surface area contributed by atoms with Crippen LogP contribution in [0.4, 0.5) is 0 Å². The van der Waals surface area contributed by atoms with Crippen molar-refractivity contribution in [3.63, 3.8) is 0 Å². The van der Waals surface area contributed by atoms with Gasteiger partial charge in [0.1, 0.15) is 11.0 Å². The van der Waals surface area contributed by atoms with E-state index in [4.69, 9.17) is 0 Å². The van der Waals surface area contributed by atoms with Crippen molar-refractivity contribution in [2.24, 2.45) is 16.7 Å². The first kappa shape index (κ1) is 27.8. The molecule has 7 heteroatoms. The maximum atomic E-state index is 11.9. The summed E-state index contributed by atoms with van der Waals surface area (Å²) in [5.74, 6) is 1.12. The Hall–Kier alpha value is -0.400. The van der Waals surface area contributed by atoms with Gasteiger partial charge in [-0.2, -0.15) is 0 Å². The van der Waals surface area contributed by atoms with E-state index in [-0.39, 0.29) is 17.1 Å². The van der Waals surface area contributed by atoms with Crippen LogP contribution in [0.2, 0.25) is 0 Å². The molecular formula is C25H44O5S2. The summed E-state index contributed by atoms with van der Waals surface area (Å²) in [5.41, 5.74) is -1.22. The van der Waals surface area contributed by atoms with E-state index in [1.165, 1.54) is 51.4 Å². The number of rotatable bonds is 10. The van der Waals surface area contributed by atoms with Crippen LogP contribution in [0, 0.1) is 16.7 Å². The topological polar surface area (TPSA) is 91.3 Å². The second-order valence-electron chi connectivity index (χ2n) is 10.8. The van der Waals surface area contributed by atoms with Crippen LogP contribution < -0.4 is 0 Å². The standard InChI is InChI=1S/C15H29OS.C10H16O4S/c1-3-4-5-7-10-14(16)13-17(2)15-11-8-6-9-12-15;1-9(2)7-3-4-10(9,8(11)5-7)6-15(12,13)14/h15H,3-13H2,1-2H3;7H,3-6H2,1-2H3,(H,12,13,14)/q+1;/p-1. The predicted molar refractivity (Wildman–Crippen MR) is 132 cm³/mol. The molecule has 3 unspecified atom stereocenters. The van der Waals surface area contributed by atoms with Crippen molar-refractivity contribution >= 4 is 32.6 Å². The Kier molecular flexibility index (Phi) is 10.3. The Morgan fingerprint density at radius 3 is 2.25 bits per heavy atom. The van der Waals surface area contributed by atoms with E-state index in [0.717, 1.165) is 30.3 Å². The van der Waals surface area contributed by atoms with Gasteiger partial charge in [-0.05, 0) is 67.2 Å². The van der Waals surface area contributed by atoms with Crippen molar-refractivity contribution in [1.29, 1.82) is 0 Å². The molecular weight excluding hydrogens is 444 g/mol. The molecule has 3 saturated carbocycles. The minimum absolute atomic E-state index is 0.0248. The minimum Gasteiger partial charge on any atom is -0.748 e. The molecule has 3 aliphatic rings. The van der Waals surface area contributed by atoms with Gasteiger partial charge < -0.3 is 4.55 Å². The maximum Gasteiger partial charge on any atom is 0.181 e. The monoisotopic (exact) mass is 488 g/mol. The van der Waals surface area contributed by atoms with E-state index in [1.807, 2.05) is 13.8 Å². The van der Waals surface area contributed by atoms with Crippen LogP contribution in [0.5, 0.6) is 0 Å². The summed E-state index contributed by atoms with van der Waals surface area (Å²) in [4.78, 5) is 23.7. The summed E-state index contributed by atoms with van der Waals surface area (Å²) < 4.78 is 32.7. The Morgan fingerprint density at radius 1 is 1.09 bits per heavy atom. The Balaban J connectivity index is 0.000000228. The van der Waals surface area contributed by atoms with Gasteiger partial charge >= 0.3 is 0 Å². The molecule has 0 aromatic rings. The van der Waals surface area contributed by atoms with E-state index in [2.05, 4.69) is 13.2 Å². The van der Waals surface area contributed by atoms with Gasteiger partial charge in [-0.25, -0.2) is 8.42 Å². The van der Waals surface area contributed by atoms with Crippen molar-refractivity contribution < 1.29 is 22.6 Å². The Labute approximate surface area is 199 Å².